The lowest BCUT2D eigenvalue weighted by Gasteiger charge is -2.13. The summed E-state index contributed by atoms with van der Waals surface area (Å²) in [4.78, 5) is 10.0. The Kier molecular flexibility index (Phi) is 3.19. The number of non-ortho nitro benzene ring substituents is 1. The number of nitro groups is 1. The molecule has 0 aliphatic rings. The van der Waals surface area contributed by atoms with Gasteiger partial charge >= 0.3 is 0 Å². The lowest BCUT2D eigenvalue weighted by atomic mass is 10.2. The van der Waals surface area contributed by atoms with Crippen molar-refractivity contribution in [2.45, 2.75) is 6.92 Å². The molecule has 7 heteroatoms. The van der Waals surface area contributed by atoms with Gasteiger partial charge in [-0.15, -0.1) is 5.10 Å². The number of hydrazone groups is 1. The van der Waals surface area contributed by atoms with Gasteiger partial charge in [-0.2, -0.15) is 5.12 Å². The number of nitrogens with two attached hydrogens (primary N) is 2. The van der Waals surface area contributed by atoms with E-state index in [4.69, 9.17) is 11.6 Å². The number of anilines is 1. The highest BCUT2D eigenvalue weighted by Gasteiger charge is 2.11. The third-order valence-electron chi connectivity index (χ3n) is 1.84. The molecule has 0 aliphatic heterocycles. The maximum Gasteiger partial charge on any atom is 0.271 e. The summed E-state index contributed by atoms with van der Waals surface area (Å²) in [6.07, 6.45) is 1.01. The lowest BCUT2D eigenvalue weighted by molar-refractivity contribution is -0.384. The van der Waals surface area contributed by atoms with Crippen LogP contribution in [-0.2, 0) is 0 Å². The van der Waals surface area contributed by atoms with Crippen LogP contribution in [0.25, 0.3) is 0 Å². The second-order valence-corrected chi connectivity index (χ2v) is 2.84. The predicted molar refractivity (Wildman–Crippen MR) is 57.2 cm³/mol. The predicted octanol–water partition coefficient (Wildman–Crippen LogP) is 0.485. The van der Waals surface area contributed by atoms with Crippen molar-refractivity contribution in [3.63, 3.8) is 0 Å². The smallest absolute Gasteiger partial charge is 0.271 e. The van der Waals surface area contributed by atoms with Crippen LogP contribution in [0, 0.1) is 17.0 Å². The van der Waals surface area contributed by atoms with E-state index in [1.807, 2.05) is 0 Å². The first-order valence-electron chi connectivity index (χ1n) is 4.10. The zero-order chi connectivity index (χ0) is 11.4. The first kappa shape index (κ1) is 10.9. The van der Waals surface area contributed by atoms with E-state index in [9.17, 15) is 10.1 Å². The zero-order valence-electron chi connectivity index (χ0n) is 8.12. The number of nitro benzene ring substituents is 1. The maximum absolute atomic E-state index is 10.5. The number of hydrazine groups is 1. The molecular weight excluding hydrogens is 198 g/mol. The molecule has 0 radical (unpaired) electrons. The van der Waals surface area contributed by atoms with Crippen LogP contribution in [0.1, 0.15) is 5.56 Å². The fourth-order valence-electron chi connectivity index (χ4n) is 1.09. The Morgan fingerprint density at radius 1 is 1.60 bits per heavy atom. The monoisotopic (exact) mass is 209 g/mol. The van der Waals surface area contributed by atoms with Crippen molar-refractivity contribution in [3.05, 3.63) is 33.9 Å². The van der Waals surface area contributed by atoms with Gasteiger partial charge in [0.1, 0.15) is 6.34 Å². The summed E-state index contributed by atoms with van der Waals surface area (Å²) >= 11 is 0. The zero-order valence-corrected chi connectivity index (χ0v) is 8.12. The summed E-state index contributed by atoms with van der Waals surface area (Å²) in [5.74, 6) is 5.51. The van der Waals surface area contributed by atoms with Crippen LogP contribution in [0.5, 0.6) is 0 Å². The third kappa shape index (κ3) is 2.41. The van der Waals surface area contributed by atoms with E-state index in [1.54, 1.807) is 13.0 Å². The van der Waals surface area contributed by atoms with Gasteiger partial charge in [0.15, 0.2) is 0 Å². The van der Waals surface area contributed by atoms with Crippen molar-refractivity contribution >= 4 is 17.7 Å². The maximum atomic E-state index is 10.5. The molecule has 80 valence electrons. The molecule has 0 atom stereocenters. The Morgan fingerprint density at radius 2 is 2.27 bits per heavy atom. The van der Waals surface area contributed by atoms with Crippen molar-refractivity contribution in [3.8, 4) is 0 Å². The quantitative estimate of drug-likeness (QED) is 0.247. The first-order chi connectivity index (χ1) is 7.06. The minimum Gasteiger partial charge on any atom is -0.388 e. The fourth-order valence-corrected chi connectivity index (χ4v) is 1.09. The van der Waals surface area contributed by atoms with Crippen molar-refractivity contribution in [2.24, 2.45) is 16.7 Å². The number of aryl methyl sites for hydroxylation is 1. The van der Waals surface area contributed by atoms with Gasteiger partial charge in [-0.05, 0) is 12.5 Å². The normalized spacial score (nSPS) is 10.5. The van der Waals surface area contributed by atoms with E-state index in [2.05, 4.69) is 5.10 Å². The van der Waals surface area contributed by atoms with Gasteiger partial charge in [-0.3, -0.25) is 10.1 Å². The highest BCUT2D eigenvalue weighted by molar-refractivity contribution is 5.60. The second kappa shape index (κ2) is 4.38. The molecular formula is C8H11N5O2. The van der Waals surface area contributed by atoms with Crippen molar-refractivity contribution in [2.75, 3.05) is 5.12 Å². The van der Waals surface area contributed by atoms with Gasteiger partial charge in [0, 0.05) is 12.1 Å². The number of nitrogens with zero attached hydrogens (tertiary/aromatic N) is 3. The number of hydrogen-bond donors (Lipinski definition) is 2. The number of hydrogen-bond acceptors (Lipinski definition) is 5. The average Bonchev–Trinajstić information content (AvgIpc) is 2.18. The molecule has 0 heterocycles. The van der Waals surface area contributed by atoms with E-state index in [0.29, 0.717) is 5.69 Å². The molecule has 0 unspecified atom stereocenters. The molecule has 4 N–H and O–H groups in total. The molecule has 15 heavy (non-hydrogen) atoms. The van der Waals surface area contributed by atoms with E-state index in [1.165, 1.54) is 12.1 Å². The molecule has 0 spiro atoms. The molecule has 0 saturated carbocycles. The van der Waals surface area contributed by atoms with E-state index >= 15 is 0 Å². The number of rotatable bonds is 3. The van der Waals surface area contributed by atoms with Crippen LogP contribution < -0.4 is 16.7 Å². The Hall–Kier alpha value is -2.15. The highest BCUT2D eigenvalue weighted by Crippen LogP contribution is 2.23. The van der Waals surface area contributed by atoms with Gasteiger partial charge in [-0.25, -0.2) is 5.84 Å². The topological polar surface area (TPSA) is 111 Å². The molecule has 1 aromatic carbocycles. The van der Waals surface area contributed by atoms with E-state index < -0.39 is 4.92 Å². The summed E-state index contributed by atoms with van der Waals surface area (Å²) in [5, 5.41) is 15.1. The molecule has 1 aromatic rings. The van der Waals surface area contributed by atoms with Crippen LogP contribution >= 0.6 is 0 Å². The van der Waals surface area contributed by atoms with Gasteiger partial charge in [0.2, 0.25) is 0 Å². The molecule has 7 nitrogen and oxygen atoms in total. The summed E-state index contributed by atoms with van der Waals surface area (Å²) in [5.41, 5.74) is 6.23. The van der Waals surface area contributed by atoms with Crippen LogP contribution in [0.2, 0.25) is 0 Å². The molecule has 0 aliphatic carbocycles. The standard InChI is InChI=1S/C8H11N5O2/c1-6-2-3-7(13(14)15)4-8(6)12(10)11-5-9/h2-5H,10H2,1H3,(H2,9,11). The Bertz CT molecular complexity index is 404. The Morgan fingerprint density at radius 3 is 2.80 bits per heavy atom. The van der Waals surface area contributed by atoms with Gasteiger partial charge in [0.05, 0.1) is 10.6 Å². The lowest BCUT2D eigenvalue weighted by Crippen LogP contribution is -2.26. The Labute approximate surface area is 86.1 Å². The summed E-state index contributed by atoms with van der Waals surface area (Å²) in [6, 6.07) is 4.33. The third-order valence-corrected chi connectivity index (χ3v) is 1.84. The number of benzene rings is 1. The Balaban J connectivity index is 3.15. The van der Waals surface area contributed by atoms with Crippen molar-refractivity contribution in [1.82, 2.24) is 0 Å². The fraction of sp³-hybridized carbons (Fsp3) is 0.125. The largest absolute Gasteiger partial charge is 0.388 e. The molecule has 1 rings (SSSR count). The summed E-state index contributed by atoms with van der Waals surface area (Å²) in [7, 11) is 0. The van der Waals surface area contributed by atoms with Crippen LogP contribution in [0.15, 0.2) is 23.3 Å². The molecule has 0 aromatic heterocycles. The van der Waals surface area contributed by atoms with Crippen molar-refractivity contribution in [1.29, 1.82) is 0 Å². The van der Waals surface area contributed by atoms with E-state index in [0.717, 1.165) is 17.0 Å². The SMILES string of the molecule is Cc1ccc([N+](=O)[O-])cc1N(N)/N=C\N. The van der Waals surface area contributed by atoms with Crippen molar-refractivity contribution < 1.29 is 4.92 Å². The van der Waals surface area contributed by atoms with Crippen LogP contribution in [-0.4, -0.2) is 11.3 Å². The molecule has 0 amide bonds. The van der Waals surface area contributed by atoms with Crippen LogP contribution in [0.3, 0.4) is 0 Å². The molecule has 0 bridgehead atoms. The summed E-state index contributed by atoms with van der Waals surface area (Å²) in [6.45, 7) is 1.77. The minimum absolute atomic E-state index is 0.0433. The minimum atomic E-state index is -0.497. The second-order valence-electron chi connectivity index (χ2n) is 2.84. The van der Waals surface area contributed by atoms with Gasteiger partial charge < -0.3 is 5.73 Å². The van der Waals surface area contributed by atoms with Gasteiger partial charge in [0.25, 0.3) is 5.69 Å². The summed E-state index contributed by atoms with van der Waals surface area (Å²) < 4.78 is 0. The van der Waals surface area contributed by atoms with Gasteiger partial charge in [-0.1, -0.05) is 6.07 Å². The van der Waals surface area contributed by atoms with Crippen LogP contribution in [0.4, 0.5) is 11.4 Å². The average molecular weight is 209 g/mol. The first-order valence-corrected chi connectivity index (χ1v) is 4.10. The molecule has 0 fully saturated rings. The highest BCUT2D eigenvalue weighted by atomic mass is 16.6. The molecule has 0 saturated heterocycles. The van der Waals surface area contributed by atoms with E-state index in [-0.39, 0.29) is 5.69 Å².